The molecule has 0 atom stereocenters. The Bertz CT molecular complexity index is 667. The van der Waals surface area contributed by atoms with Crippen molar-refractivity contribution < 1.29 is 28.7 Å². The number of hydrogen-bond acceptors (Lipinski definition) is 7. The second-order valence-electron chi connectivity index (χ2n) is 7.72. The minimum absolute atomic E-state index is 0.0615. The van der Waals surface area contributed by atoms with Crippen LogP contribution in [0.4, 0.5) is 10.5 Å². The normalized spacial score (nSPS) is 15.2. The number of rotatable bonds is 9. The summed E-state index contributed by atoms with van der Waals surface area (Å²) in [5, 5.41) is 10.9. The zero-order valence-electron chi connectivity index (χ0n) is 17.3. The van der Waals surface area contributed by atoms with E-state index in [1.54, 1.807) is 23.1 Å². The molecular weight excluding hydrogens is 380 g/mol. The summed E-state index contributed by atoms with van der Waals surface area (Å²) in [6, 6.07) is 6.24. The zero-order valence-corrected chi connectivity index (χ0v) is 17.3. The van der Waals surface area contributed by atoms with E-state index in [2.05, 4.69) is 0 Å². The Hall–Kier alpha value is -2.39. The third kappa shape index (κ3) is 8.25. The first-order valence-electron chi connectivity index (χ1n) is 9.80. The van der Waals surface area contributed by atoms with Gasteiger partial charge in [0.05, 0.1) is 30.8 Å². The van der Waals surface area contributed by atoms with Crippen molar-refractivity contribution in [3.8, 4) is 5.75 Å². The molecular formula is C20H30N2O7. The lowest BCUT2D eigenvalue weighted by molar-refractivity contribution is -0.385. The third-order valence-corrected chi connectivity index (χ3v) is 4.22. The van der Waals surface area contributed by atoms with Gasteiger partial charge in [-0.05, 0) is 39.7 Å². The molecule has 162 valence electrons. The van der Waals surface area contributed by atoms with E-state index < -0.39 is 10.5 Å². The topological polar surface area (TPSA) is 100 Å². The summed E-state index contributed by atoms with van der Waals surface area (Å²) in [6.45, 7) is 8.18. The van der Waals surface area contributed by atoms with Crippen LogP contribution in [0.25, 0.3) is 0 Å². The molecule has 0 saturated carbocycles. The number of carbonyl (C=O) groups excluding carboxylic acids is 1. The van der Waals surface area contributed by atoms with Gasteiger partial charge in [-0.3, -0.25) is 10.1 Å². The highest BCUT2D eigenvalue weighted by atomic mass is 16.6. The number of para-hydroxylation sites is 2. The van der Waals surface area contributed by atoms with Crippen molar-refractivity contribution in [3.63, 3.8) is 0 Å². The molecule has 0 radical (unpaired) electrons. The lowest BCUT2D eigenvalue weighted by Crippen LogP contribution is -2.43. The largest absolute Gasteiger partial charge is 0.484 e. The first-order chi connectivity index (χ1) is 13.8. The van der Waals surface area contributed by atoms with Gasteiger partial charge in [0, 0.05) is 19.2 Å². The maximum Gasteiger partial charge on any atom is 0.410 e. The number of nitro groups is 1. The van der Waals surface area contributed by atoms with Gasteiger partial charge in [-0.2, -0.15) is 0 Å². The van der Waals surface area contributed by atoms with Crippen LogP contribution in [0.3, 0.4) is 0 Å². The zero-order chi connectivity index (χ0) is 21.3. The Morgan fingerprint density at radius 3 is 2.45 bits per heavy atom. The molecule has 2 rings (SSSR count). The molecule has 1 aliphatic heterocycles. The number of nitro benzene ring substituents is 1. The van der Waals surface area contributed by atoms with Crippen LogP contribution in [-0.2, 0) is 14.2 Å². The number of piperidine rings is 1. The lowest BCUT2D eigenvalue weighted by atomic mass is 10.1. The van der Waals surface area contributed by atoms with Crippen LogP contribution in [0.1, 0.15) is 33.6 Å². The first kappa shape index (κ1) is 22.9. The fourth-order valence-electron chi connectivity index (χ4n) is 2.85. The summed E-state index contributed by atoms with van der Waals surface area (Å²) in [6.07, 6.45) is 1.35. The monoisotopic (exact) mass is 410 g/mol. The number of benzene rings is 1. The van der Waals surface area contributed by atoms with Crippen molar-refractivity contribution in [2.24, 2.45) is 0 Å². The van der Waals surface area contributed by atoms with Crippen molar-refractivity contribution >= 4 is 11.8 Å². The SMILES string of the molecule is CC(C)(C)OC(=O)N1CCC(OCCOCCOc2ccccc2[N+](=O)[O-])CC1. The van der Waals surface area contributed by atoms with E-state index in [0.29, 0.717) is 32.9 Å². The van der Waals surface area contributed by atoms with Crippen LogP contribution in [0.15, 0.2) is 24.3 Å². The van der Waals surface area contributed by atoms with Gasteiger partial charge in [-0.15, -0.1) is 0 Å². The fraction of sp³-hybridized carbons (Fsp3) is 0.650. The first-order valence-corrected chi connectivity index (χ1v) is 9.80. The molecule has 1 fully saturated rings. The molecule has 1 aromatic carbocycles. The standard InChI is InChI=1S/C20H30N2O7/c1-20(2,3)29-19(23)21-10-8-16(9-11-21)27-14-12-26-13-15-28-18-7-5-4-6-17(18)22(24)25/h4-7,16H,8-15H2,1-3H3. The van der Waals surface area contributed by atoms with E-state index in [0.717, 1.165) is 12.8 Å². The highest BCUT2D eigenvalue weighted by molar-refractivity contribution is 5.68. The van der Waals surface area contributed by atoms with E-state index in [1.807, 2.05) is 20.8 Å². The number of carbonyl (C=O) groups is 1. The molecule has 0 bridgehead atoms. The average molecular weight is 410 g/mol. The number of ether oxygens (including phenoxy) is 4. The van der Waals surface area contributed by atoms with Crippen LogP contribution < -0.4 is 4.74 Å². The van der Waals surface area contributed by atoms with Crippen LogP contribution in [-0.4, -0.2) is 67.1 Å². The van der Waals surface area contributed by atoms with Gasteiger partial charge in [-0.1, -0.05) is 12.1 Å². The second kappa shape index (κ2) is 11.0. The molecule has 0 N–H and O–H groups in total. The van der Waals surface area contributed by atoms with Crippen LogP contribution in [0, 0.1) is 10.1 Å². The number of hydrogen-bond donors (Lipinski definition) is 0. The minimum atomic E-state index is -0.489. The summed E-state index contributed by atoms with van der Waals surface area (Å²) >= 11 is 0. The molecule has 0 unspecified atom stereocenters. The van der Waals surface area contributed by atoms with E-state index in [4.69, 9.17) is 18.9 Å². The van der Waals surface area contributed by atoms with E-state index >= 15 is 0 Å². The van der Waals surface area contributed by atoms with E-state index in [1.165, 1.54) is 6.07 Å². The minimum Gasteiger partial charge on any atom is -0.484 e. The number of likely N-dealkylation sites (tertiary alicyclic amines) is 1. The Labute approximate surface area is 171 Å². The molecule has 0 aromatic heterocycles. The Balaban J connectivity index is 1.54. The quantitative estimate of drug-likeness (QED) is 0.349. The molecule has 9 heteroatoms. The van der Waals surface area contributed by atoms with Gasteiger partial charge in [-0.25, -0.2) is 4.79 Å². The van der Waals surface area contributed by atoms with Gasteiger partial charge in [0.25, 0.3) is 0 Å². The molecule has 0 spiro atoms. The highest BCUT2D eigenvalue weighted by Gasteiger charge is 2.27. The Morgan fingerprint density at radius 1 is 1.14 bits per heavy atom. The molecule has 9 nitrogen and oxygen atoms in total. The third-order valence-electron chi connectivity index (χ3n) is 4.22. The molecule has 0 aliphatic carbocycles. The summed E-state index contributed by atoms with van der Waals surface area (Å²) in [5.41, 5.74) is -0.551. The van der Waals surface area contributed by atoms with Crippen LogP contribution >= 0.6 is 0 Å². The summed E-state index contributed by atoms with van der Waals surface area (Å²) in [7, 11) is 0. The maximum atomic E-state index is 12.0. The lowest BCUT2D eigenvalue weighted by Gasteiger charge is -2.33. The van der Waals surface area contributed by atoms with Crippen molar-refractivity contribution in [2.75, 3.05) is 39.5 Å². The molecule has 1 heterocycles. The fourth-order valence-corrected chi connectivity index (χ4v) is 2.85. The van der Waals surface area contributed by atoms with Crippen molar-refractivity contribution in [1.29, 1.82) is 0 Å². The van der Waals surface area contributed by atoms with E-state index in [9.17, 15) is 14.9 Å². The van der Waals surface area contributed by atoms with Crippen LogP contribution in [0.2, 0.25) is 0 Å². The molecule has 1 amide bonds. The van der Waals surface area contributed by atoms with Crippen molar-refractivity contribution in [3.05, 3.63) is 34.4 Å². The maximum absolute atomic E-state index is 12.0. The van der Waals surface area contributed by atoms with Gasteiger partial charge in [0.15, 0.2) is 5.75 Å². The smallest absolute Gasteiger partial charge is 0.410 e. The summed E-state index contributed by atoms with van der Waals surface area (Å²) in [4.78, 5) is 24.2. The van der Waals surface area contributed by atoms with Gasteiger partial charge in [0.2, 0.25) is 0 Å². The number of nitrogens with zero attached hydrogens (tertiary/aromatic N) is 2. The summed E-state index contributed by atoms with van der Waals surface area (Å²) in [5.74, 6) is 0.231. The predicted octanol–water partition coefficient (Wildman–Crippen LogP) is 3.41. The van der Waals surface area contributed by atoms with Gasteiger partial charge in [0.1, 0.15) is 12.2 Å². The molecule has 29 heavy (non-hydrogen) atoms. The van der Waals surface area contributed by atoms with Crippen molar-refractivity contribution in [2.45, 2.75) is 45.3 Å². The number of amides is 1. The Morgan fingerprint density at radius 2 is 1.79 bits per heavy atom. The highest BCUT2D eigenvalue weighted by Crippen LogP contribution is 2.25. The molecule has 1 saturated heterocycles. The Kier molecular flexibility index (Phi) is 8.66. The molecule has 1 aliphatic rings. The van der Waals surface area contributed by atoms with Crippen LogP contribution in [0.5, 0.6) is 5.75 Å². The predicted molar refractivity (Wildman–Crippen MR) is 106 cm³/mol. The molecule has 1 aromatic rings. The average Bonchev–Trinajstić information content (AvgIpc) is 2.66. The van der Waals surface area contributed by atoms with Crippen molar-refractivity contribution in [1.82, 2.24) is 4.90 Å². The van der Waals surface area contributed by atoms with Gasteiger partial charge >= 0.3 is 11.8 Å². The summed E-state index contributed by atoms with van der Waals surface area (Å²) < 4.78 is 22.0. The second-order valence-corrected chi connectivity index (χ2v) is 7.72. The van der Waals surface area contributed by atoms with Gasteiger partial charge < -0.3 is 23.8 Å². The van der Waals surface area contributed by atoms with E-state index in [-0.39, 0.29) is 30.2 Å².